The van der Waals surface area contributed by atoms with E-state index >= 15 is 0 Å². The zero-order valence-corrected chi connectivity index (χ0v) is 15.3. The molecule has 1 amide bonds. The minimum Gasteiger partial charge on any atom is -0.326 e. The average molecular weight is 412 g/mol. The van der Waals surface area contributed by atoms with Crippen LogP contribution in [0.5, 0.6) is 0 Å². The summed E-state index contributed by atoms with van der Waals surface area (Å²) in [4.78, 5) is 17.1. The molecule has 8 nitrogen and oxygen atoms in total. The molecular weight excluding hydrogens is 398 g/mol. The molecule has 2 N–H and O–H groups in total. The number of aromatic nitrogens is 5. The summed E-state index contributed by atoms with van der Waals surface area (Å²) in [5, 5.41) is 17.8. The predicted octanol–water partition coefficient (Wildman–Crippen LogP) is 2.76. The van der Waals surface area contributed by atoms with E-state index in [2.05, 4.69) is 47.1 Å². The zero-order chi connectivity index (χ0) is 18.1. The maximum absolute atomic E-state index is 13.0. The summed E-state index contributed by atoms with van der Waals surface area (Å²) in [6.45, 7) is 1.84. The monoisotopic (exact) mass is 411 g/mol. The van der Waals surface area contributed by atoms with Crippen molar-refractivity contribution < 1.29 is 4.79 Å². The second kappa shape index (κ2) is 6.68. The first kappa shape index (κ1) is 16.4. The Morgan fingerprint density at radius 1 is 1.27 bits per heavy atom. The van der Waals surface area contributed by atoms with Crippen LogP contribution in [0.3, 0.4) is 0 Å². The number of anilines is 2. The lowest BCUT2D eigenvalue weighted by Gasteiger charge is -2.28. The molecule has 0 saturated carbocycles. The first-order valence-corrected chi connectivity index (χ1v) is 8.65. The molecule has 130 valence electrons. The van der Waals surface area contributed by atoms with E-state index in [1.165, 1.54) is 0 Å². The van der Waals surface area contributed by atoms with Crippen LogP contribution in [0.2, 0.25) is 0 Å². The van der Waals surface area contributed by atoms with E-state index in [1.54, 1.807) is 29.2 Å². The number of carbonyl (C=O) groups is 1. The van der Waals surface area contributed by atoms with Gasteiger partial charge in [0.15, 0.2) is 0 Å². The van der Waals surface area contributed by atoms with Gasteiger partial charge in [-0.05, 0) is 47.2 Å². The van der Waals surface area contributed by atoms with Crippen molar-refractivity contribution in [3.05, 3.63) is 70.1 Å². The van der Waals surface area contributed by atoms with Gasteiger partial charge >= 0.3 is 0 Å². The zero-order valence-electron chi connectivity index (χ0n) is 13.7. The molecule has 0 bridgehead atoms. The van der Waals surface area contributed by atoms with Gasteiger partial charge in [0.1, 0.15) is 6.04 Å². The van der Waals surface area contributed by atoms with Gasteiger partial charge in [0.05, 0.1) is 17.5 Å². The van der Waals surface area contributed by atoms with Crippen LogP contribution in [-0.2, 0) is 4.79 Å². The van der Waals surface area contributed by atoms with Gasteiger partial charge in [-0.25, -0.2) is 0 Å². The second-order valence-corrected chi connectivity index (χ2v) is 6.68. The van der Waals surface area contributed by atoms with Gasteiger partial charge in [-0.3, -0.25) is 9.78 Å². The van der Waals surface area contributed by atoms with Crippen LogP contribution in [0, 0.1) is 0 Å². The van der Waals surface area contributed by atoms with Crippen molar-refractivity contribution in [2.24, 2.45) is 0 Å². The average Bonchev–Trinajstić information content (AvgIpc) is 3.10. The highest BCUT2D eigenvalue weighted by Gasteiger charge is 2.34. The third-order valence-electron chi connectivity index (χ3n) is 4.06. The number of rotatable bonds is 3. The quantitative estimate of drug-likeness (QED) is 0.687. The van der Waals surface area contributed by atoms with Gasteiger partial charge in [0.2, 0.25) is 5.95 Å². The molecule has 0 radical (unpaired) electrons. The molecule has 9 heteroatoms. The van der Waals surface area contributed by atoms with Crippen molar-refractivity contribution >= 4 is 33.5 Å². The third kappa shape index (κ3) is 2.97. The molecule has 3 aromatic rings. The Labute approximate surface area is 157 Å². The minimum absolute atomic E-state index is 0.239. The fourth-order valence-corrected chi connectivity index (χ4v) is 3.16. The number of hydrogen-bond acceptors (Lipinski definition) is 6. The molecule has 0 spiro atoms. The summed E-state index contributed by atoms with van der Waals surface area (Å²) in [5.41, 5.74) is 2.76. The molecule has 2 aromatic heterocycles. The normalized spacial score (nSPS) is 16.0. The first-order chi connectivity index (χ1) is 12.6. The van der Waals surface area contributed by atoms with Gasteiger partial charge in [-0.15, -0.1) is 0 Å². The number of fused-ring (bicyclic) bond motifs is 1. The Morgan fingerprint density at radius 3 is 2.81 bits per heavy atom. The molecule has 0 saturated heterocycles. The van der Waals surface area contributed by atoms with Crippen molar-refractivity contribution in [3.63, 3.8) is 0 Å². The molecule has 1 aromatic carbocycles. The van der Waals surface area contributed by atoms with E-state index in [4.69, 9.17) is 0 Å². The van der Waals surface area contributed by atoms with Gasteiger partial charge in [-0.2, -0.15) is 4.68 Å². The molecule has 0 unspecified atom stereocenters. The Hall–Kier alpha value is -3.07. The standard InChI is InChI=1S/C17H14BrN7O/c1-10-14(16(26)21-13-3-2-8-19-9-13)15(11-4-6-12(18)7-5-11)25-17(20-10)22-23-24-25/h2-9,15H,1H3,(H,21,26)(H,20,22,24)/t15-/m1/s1. The van der Waals surface area contributed by atoms with E-state index in [0.717, 1.165) is 10.0 Å². The molecule has 0 fully saturated rings. The largest absolute Gasteiger partial charge is 0.326 e. The Balaban J connectivity index is 1.77. The number of tetrazole rings is 1. The number of amides is 1. The topological polar surface area (TPSA) is 97.6 Å². The van der Waals surface area contributed by atoms with E-state index in [0.29, 0.717) is 22.9 Å². The van der Waals surface area contributed by atoms with Gasteiger partial charge < -0.3 is 10.6 Å². The van der Waals surface area contributed by atoms with Gasteiger partial charge in [0.25, 0.3) is 5.91 Å². The number of benzene rings is 1. The predicted molar refractivity (Wildman–Crippen MR) is 99.3 cm³/mol. The molecule has 3 heterocycles. The highest BCUT2D eigenvalue weighted by atomic mass is 79.9. The minimum atomic E-state index is -0.439. The molecule has 26 heavy (non-hydrogen) atoms. The molecule has 1 aliphatic heterocycles. The summed E-state index contributed by atoms with van der Waals surface area (Å²) >= 11 is 3.44. The molecule has 1 aliphatic rings. The number of carbonyl (C=O) groups excluding carboxylic acids is 1. The highest BCUT2D eigenvalue weighted by Crippen LogP contribution is 2.35. The maximum atomic E-state index is 13.0. The van der Waals surface area contributed by atoms with Crippen LogP contribution in [0.15, 0.2) is 64.5 Å². The van der Waals surface area contributed by atoms with E-state index in [-0.39, 0.29) is 5.91 Å². The van der Waals surface area contributed by atoms with E-state index < -0.39 is 6.04 Å². The van der Waals surface area contributed by atoms with Crippen LogP contribution >= 0.6 is 15.9 Å². The molecule has 4 rings (SSSR count). The van der Waals surface area contributed by atoms with Crippen LogP contribution in [0.25, 0.3) is 0 Å². The number of hydrogen-bond donors (Lipinski definition) is 2. The van der Waals surface area contributed by atoms with Crippen molar-refractivity contribution in [1.29, 1.82) is 0 Å². The lowest BCUT2D eigenvalue weighted by molar-refractivity contribution is -0.113. The van der Waals surface area contributed by atoms with E-state index in [9.17, 15) is 4.79 Å². The van der Waals surface area contributed by atoms with Crippen molar-refractivity contribution in [2.45, 2.75) is 13.0 Å². The third-order valence-corrected chi connectivity index (χ3v) is 4.59. The number of allylic oxidation sites excluding steroid dienone is 1. The van der Waals surface area contributed by atoms with Crippen molar-refractivity contribution in [1.82, 2.24) is 25.2 Å². The van der Waals surface area contributed by atoms with Crippen molar-refractivity contribution in [3.8, 4) is 0 Å². The maximum Gasteiger partial charge on any atom is 0.255 e. The second-order valence-electron chi connectivity index (χ2n) is 5.76. The lowest BCUT2D eigenvalue weighted by Crippen LogP contribution is -2.31. The van der Waals surface area contributed by atoms with Gasteiger partial charge in [0, 0.05) is 16.4 Å². The van der Waals surface area contributed by atoms with Crippen LogP contribution in [-0.4, -0.2) is 31.1 Å². The summed E-state index contributed by atoms with van der Waals surface area (Å²) in [5.74, 6) is 0.255. The lowest BCUT2D eigenvalue weighted by atomic mass is 9.95. The Morgan fingerprint density at radius 2 is 2.08 bits per heavy atom. The van der Waals surface area contributed by atoms with Crippen LogP contribution in [0.4, 0.5) is 11.6 Å². The highest BCUT2D eigenvalue weighted by molar-refractivity contribution is 9.10. The molecule has 0 aliphatic carbocycles. The summed E-state index contributed by atoms with van der Waals surface area (Å²) in [6, 6.07) is 10.8. The first-order valence-electron chi connectivity index (χ1n) is 7.86. The van der Waals surface area contributed by atoms with Crippen LogP contribution < -0.4 is 10.6 Å². The molecule has 1 atom stereocenters. The summed E-state index contributed by atoms with van der Waals surface area (Å²) in [7, 11) is 0. The smallest absolute Gasteiger partial charge is 0.255 e. The molecular formula is C17H14BrN7O. The fraction of sp³-hybridized carbons (Fsp3) is 0.118. The van der Waals surface area contributed by atoms with Gasteiger partial charge in [-0.1, -0.05) is 33.2 Å². The fourth-order valence-electron chi connectivity index (χ4n) is 2.89. The number of halogens is 1. The number of pyridine rings is 1. The Bertz CT molecular complexity index is 982. The number of nitrogens with one attached hydrogen (secondary N) is 2. The Kier molecular flexibility index (Phi) is 4.21. The van der Waals surface area contributed by atoms with Crippen LogP contribution in [0.1, 0.15) is 18.5 Å². The summed E-state index contributed by atoms with van der Waals surface area (Å²) in [6.07, 6.45) is 3.25. The van der Waals surface area contributed by atoms with E-state index in [1.807, 2.05) is 31.2 Å². The number of nitrogens with zero attached hydrogens (tertiary/aromatic N) is 5. The summed E-state index contributed by atoms with van der Waals surface area (Å²) < 4.78 is 2.56. The van der Waals surface area contributed by atoms with Crippen molar-refractivity contribution in [2.75, 3.05) is 10.6 Å². The SMILES string of the molecule is CC1=C(C(=O)Nc2cccnc2)[C@@H](c2ccc(Br)cc2)n2nnnc2N1.